The van der Waals surface area contributed by atoms with Crippen molar-refractivity contribution in [2.45, 2.75) is 26.5 Å². The van der Waals surface area contributed by atoms with Crippen molar-refractivity contribution in [3.63, 3.8) is 0 Å². The Hall–Kier alpha value is -2.33. The van der Waals surface area contributed by atoms with Gasteiger partial charge in [-0.1, -0.05) is 60.2 Å². The third kappa shape index (κ3) is 5.75. The molecule has 1 unspecified atom stereocenters. The van der Waals surface area contributed by atoms with Gasteiger partial charge in [-0.25, -0.2) is 4.99 Å². The van der Waals surface area contributed by atoms with Crippen LogP contribution in [0.4, 0.5) is 0 Å². The van der Waals surface area contributed by atoms with E-state index in [2.05, 4.69) is 15.6 Å². The SMILES string of the molecule is CCNC(=NCc1ccccc1)NCC(O)c1ccc(C)cc1. The Morgan fingerprint density at radius 2 is 1.74 bits per heavy atom. The zero-order valence-corrected chi connectivity index (χ0v) is 13.8. The third-order valence-corrected chi connectivity index (χ3v) is 3.53. The van der Waals surface area contributed by atoms with Gasteiger partial charge in [0, 0.05) is 13.1 Å². The van der Waals surface area contributed by atoms with Crippen molar-refractivity contribution in [2.24, 2.45) is 4.99 Å². The van der Waals surface area contributed by atoms with E-state index in [0.29, 0.717) is 19.0 Å². The maximum absolute atomic E-state index is 10.3. The molecule has 0 radical (unpaired) electrons. The molecule has 3 N–H and O–H groups in total. The van der Waals surface area contributed by atoms with Gasteiger partial charge in [0.15, 0.2) is 5.96 Å². The van der Waals surface area contributed by atoms with E-state index in [1.165, 1.54) is 5.56 Å². The molecule has 4 heteroatoms. The van der Waals surface area contributed by atoms with Crippen LogP contribution >= 0.6 is 0 Å². The van der Waals surface area contributed by atoms with Gasteiger partial charge in [0.1, 0.15) is 0 Å². The van der Waals surface area contributed by atoms with Crippen LogP contribution in [0.5, 0.6) is 0 Å². The van der Waals surface area contributed by atoms with Crippen LogP contribution in [0.15, 0.2) is 59.6 Å². The predicted molar refractivity (Wildman–Crippen MR) is 95.4 cm³/mol. The molecule has 0 saturated heterocycles. The van der Waals surface area contributed by atoms with Crippen LogP contribution in [0.3, 0.4) is 0 Å². The van der Waals surface area contributed by atoms with E-state index in [1.54, 1.807) is 0 Å². The van der Waals surface area contributed by atoms with Crippen molar-refractivity contribution >= 4 is 5.96 Å². The molecule has 0 aliphatic rings. The van der Waals surface area contributed by atoms with E-state index in [0.717, 1.165) is 17.7 Å². The molecule has 2 aromatic carbocycles. The van der Waals surface area contributed by atoms with Crippen LogP contribution < -0.4 is 10.6 Å². The fourth-order valence-electron chi connectivity index (χ4n) is 2.20. The van der Waals surface area contributed by atoms with Crippen LogP contribution in [0.25, 0.3) is 0 Å². The molecular formula is C19H25N3O. The average molecular weight is 311 g/mol. The molecular weight excluding hydrogens is 286 g/mol. The van der Waals surface area contributed by atoms with Gasteiger partial charge in [-0.05, 0) is 25.0 Å². The first-order chi connectivity index (χ1) is 11.2. The highest BCUT2D eigenvalue weighted by molar-refractivity contribution is 5.79. The number of hydrogen-bond acceptors (Lipinski definition) is 2. The van der Waals surface area contributed by atoms with Gasteiger partial charge in [-0.15, -0.1) is 0 Å². The van der Waals surface area contributed by atoms with Crippen molar-refractivity contribution in [2.75, 3.05) is 13.1 Å². The summed E-state index contributed by atoms with van der Waals surface area (Å²) in [5, 5.41) is 16.7. The number of aliphatic hydroxyl groups is 1. The first-order valence-corrected chi connectivity index (χ1v) is 7.99. The summed E-state index contributed by atoms with van der Waals surface area (Å²) in [5.74, 6) is 0.711. The maximum atomic E-state index is 10.3. The van der Waals surface area contributed by atoms with Crippen molar-refractivity contribution in [1.29, 1.82) is 0 Å². The van der Waals surface area contributed by atoms with Crippen LogP contribution in [-0.2, 0) is 6.54 Å². The summed E-state index contributed by atoms with van der Waals surface area (Å²) in [5.41, 5.74) is 3.25. The number of guanidine groups is 1. The quantitative estimate of drug-likeness (QED) is 0.568. The molecule has 122 valence electrons. The molecule has 4 nitrogen and oxygen atoms in total. The second kappa shape index (κ2) is 8.96. The normalized spacial score (nSPS) is 12.7. The second-order valence-electron chi connectivity index (χ2n) is 5.49. The van der Waals surface area contributed by atoms with E-state index >= 15 is 0 Å². The van der Waals surface area contributed by atoms with Crippen LogP contribution in [0.2, 0.25) is 0 Å². The van der Waals surface area contributed by atoms with Gasteiger partial charge in [-0.3, -0.25) is 0 Å². The topological polar surface area (TPSA) is 56.7 Å². The Bertz CT molecular complexity index is 608. The zero-order valence-electron chi connectivity index (χ0n) is 13.8. The van der Waals surface area contributed by atoms with Gasteiger partial charge in [0.05, 0.1) is 12.6 Å². The molecule has 0 amide bonds. The first kappa shape index (κ1) is 17.0. The third-order valence-electron chi connectivity index (χ3n) is 3.53. The second-order valence-corrected chi connectivity index (χ2v) is 5.49. The molecule has 23 heavy (non-hydrogen) atoms. The number of rotatable bonds is 6. The molecule has 0 fully saturated rings. The molecule has 0 saturated carbocycles. The lowest BCUT2D eigenvalue weighted by Crippen LogP contribution is -2.39. The lowest BCUT2D eigenvalue weighted by Gasteiger charge is -2.15. The number of aryl methyl sites for hydroxylation is 1. The minimum Gasteiger partial charge on any atom is -0.387 e. The molecule has 1 atom stereocenters. The lowest BCUT2D eigenvalue weighted by molar-refractivity contribution is 0.181. The molecule has 0 aromatic heterocycles. The smallest absolute Gasteiger partial charge is 0.191 e. The summed E-state index contributed by atoms with van der Waals surface area (Å²) in [4.78, 5) is 4.55. The van der Waals surface area contributed by atoms with Crippen molar-refractivity contribution in [3.8, 4) is 0 Å². The van der Waals surface area contributed by atoms with Crippen LogP contribution in [0.1, 0.15) is 29.7 Å². The standard InChI is InChI=1S/C19H25N3O/c1-3-20-19(21-13-16-7-5-4-6-8-16)22-14-18(23)17-11-9-15(2)10-12-17/h4-12,18,23H,3,13-14H2,1-2H3,(H2,20,21,22). The Morgan fingerprint density at radius 1 is 1.04 bits per heavy atom. The van der Waals surface area contributed by atoms with E-state index in [-0.39, 0.29) is 0 Å². The Morgan fingerprint density at radius 3 is 2.39 bits per heavy atom. The Labute approximate surface area is 138 Å². The van der Waals surface area contributed by atoms with E-state index < -0.39 is 6.10 Å². The first-order valence-electron chi connectivity index (χ1n) is 7.99. The molecule has 0 bridgehead atoms. The number of aliphatic hydroxyl groups excluding tert-OH is 1. The zero-order chi connectivity index (χ0) is 16.5. The van der Waals surface area contributed by atoms with Gasteiger partial charge >= 0.3 is 0 Å². The van der Waals surface area contributed by atoms with Crippen molar-refractivity contribution in [3.05, 3.63) is 71.3 Å². The Kier molecular flexibility index (Phi) is 6.63. The fourth-order valence-corrected chi connectivity index (χ4v) is 2.20. The summed E-state index contributed by atoms with van der Waals surface area (Å²) < 4.78 is 0. The molecule has 0 aliphatic heterocycles. The van der Waals surface area contributed by atoms with Crippen molar-refractivity contribution < 1.29 is 5.11 Å². The maximum Gasteiger partial charge on any atom is 0.191 e. The monoisotopic (exact) mass is 311 g/mol. The molecule has 2 rings (SSSR count). The van der Waals surface area contributed by atoms with Crippen LogP contribution in [0, 0.1) is 6.92 Å². The summed E-state index contributed by atoms with van der Waals surface area (Å²) in [6.45, 7) is 5.87. The highest BCUT2D eigenvalue weighted by Gasteiger charge is 2.08. The van der Waals surface area contributed by atoms with Gasteiger partial charge < -0.3 is 15.7 Å². The van der Waals surface area contributed by atoms with Gasteiger partial charge in [0.2, 0.25) is 0 Å². The number of nitrogens with one attached hydrogen (secondary N) is 2. The molecule has 2 aromatic rings. The minimum atomic E-state index is -0.559. The number of hydrogen-bond donors (Lipinski definition) is 3. The summed E-state index contributed by atoms with van der Waals surface area (Å²) in [7, 11) is 0. The number of benzene rings is 2. The average Bonchev–Trinajstić information content (AvgIpc) is 2.58. The fraction of sp³-hybridized carbons (Fsp3) is 0.316. The van der Waals surface area contributed by atoms with Crippen molar-refractivity contribution in [1.82, 2.24) is 10.6 Å². The highest BCUT2D eigenvalue weighted by Crippen LogP contribution is 2.12. The van der Waals surface area contributed by atoms with Gasteiger partial charge in [0.25, 0.3) is 0 Å². The van der Waals surface area contributed by atoms with Crippen LogP contribution in [-0.4, -0.2) is 24.2 Å². The van der Waals surface area contributed by atoms with Gasteiger partial charge in [-0.2, -0.15) is 0 Å². The minimum absolute atomic E-state index is 0.420. The summed E-state index contributed by atoms with van der Waals surface area (Å²) >= 11 is 0. The largest absolute Gasteiger partial charge is 0.387 e. The molecule has 0 spiro atoms. The number of nitrogens with zero attached hydrogens (tertiary/aromatic N) is 1. The highest BCUT2D eigenvalue weighted by atomic mass is 16.3. The summed E-state index contributed by atoms with van der Waals surface area (Å²) in [6, 6.07) is 18.0. The molecule has 0 aliphatic carbocycles. The number of aliphatic imine (C=N–C) groups is 1. The van der Waals surface area contributed by atoms with E-state index in [1.807, 2.05) is 68.4 Å². The van der Waals surface area contributed by atoms with E-state index in [9.17, 15) is 5.11 Å². The predicted octanol–water partition coefficient (Wildman–Crippen LogP) is 2.78. The molecule has 0 heterocycles. The lowest BCUT2D eigenvalue weighted by atomic mass is 10.1. The summed E-state index contributed by atoms with van der Waals surface area (Å²) in [6.07, 6.45) is -0.559. The van der Waals surface area contributed by atoms with E-state index in [4.69, 9.17) is 0 Å². The Balaban J connectivity index is 1.92.